The molecule has 0 saturated carbocycles. The number of aromatic amines is 1. The molecule has 0 radical (unpaired) electrons. The molecule has 7 nitrogen and oxygen atoms in total. The largest absolute Gasteiger partial charge is 0.368 e. The summed E-state index contributed by atoms with van der Waals surface area (Å²) in [5.74, 6) is -1.58. The molecule has 2 aromatic carbocycles. The van der Waals surface area contributed by atoms with Crippen molar-refractivity contribution in [3.8, 4) is 0 Å². The van der Waals surface area contributed by atoms with E-state index in [1.165, 1.54) is 35.2 Å². The smallest absolute Gasteiger partial charge is 0.328 e. The van der Waals surface area contributed by atoms with Gasteiger partial charge < -0.3 is 14.8 Å². The van der Waals surface area contributed by atoms with Crippen LogP contribution >= 0.6 is 11.6 Å². The summed E-state index contributed by atoms with van der Waals surface area (Å²) < 4.78 is 28.2. The van der Waals surface area contributed by atoms with Gasteiger partial charge in [-0.05, 0) is 24.3 Å². The fraction of sp³-hybridized carbons (Fsp3) is 0.227. The number of anilines is 1. The highest BCUT2D eigenvalue weighted by Crippen LogP contribution is 2.23. The Morgan fingerprint density at radius 3 is 2.41 bits per heavy atom. The molecule has 1 aromatic heterocycles. The van der Waals surface area contributed by atoms with E-state index in [-0.39, 0.29) is 22.7 Å². The molecule has 32 heavy (non-hydrogen) atoms. The third-order valence-electron chi connectivity index (χ3n) is 5.41. The highest BCUT2D eigenvalue weighted by molar-refractivity contribution is 6.31. The van der Waals surface area contributed by atoms with Crippen LogP contribution in [-0.2, 0) is 6.54 Å². The van der Waals surface area contributed by atoms with Crippen molar-refractivity contribution in [3.05, 3.63) is 97.3 Å². The third kappa shape index (κ3) is 4.29. The van der Waals surface area contributed by atoms with Crippen LogP contribution in [0.4, 0.5) is 14.5 Å². The van der Waals surface area contributed by atoms with Crippen molar-refractivity contribution in [1.29, 1.82) is 0 Å². The van der Waals surface area contributed by atoms with Gasteiger partial charge in [-0.1, -0.05) is 29.8 Å². The molecular formula is C22H19ClF2N4O3. The first-order valence-corrected chi connectivity index (χ1v) is 10.3. The second-order valence-electron chi connectivity index (χ2n) is 7.37. The van der Waals surface area contributed by atoms with Crippen molar-refractivity contribution in [2.75, 3.05) is 31.1 Å². The lowest BCUT2D eigenvalue weighted by Gasteiger charge is -2.36. The van der Waals surface area contributed by atoms with E-state index in [1.54, 1.807) is 12.1 Å². The molecule has 1 aliphatic rings. The quantitative estimate of drug-likeness (QED) is 0.649. The number of piperazine rings is 1. The number of H-pyrrole nitrogens is 1. The number of aromatic nitrogens is 2. The number of amides is 1. The van der Waals surface area contributed by atoms with Crippen LogP contribution in [0.1, 0.15) is 15.9 Å². The van der Waals surface area contributed by atoms with Crippen LogP contribution in [0.25, 0.3) is 0 Å². The minimum Gasteiger partial charge on any atom is -0.368 e. The highest BCUT2D eigenvalue weighted by atomic mass is 35.5. The number of rotatable bonds is 4. The zero-order valence-corrected chi connectivity index (χ0v) is 17.6. The molecule has 1 N–H and O–H groups in total. The van der Waals surface area contributed by atoms with Crippen LogP contribution in [0.2, 0.25) is 5.02 Å². The van der Waals surface area contributed by atoms with Gasteiger partial charge in [-0.15, -0.1) is 0 Å². The van der Waals surface area contributed by atoms with E-state index in [2.05, 4.69) is 4.98 Å². The van der Waals surface area contributed by atoms with Crippen LogP contribution in [0.15, 0.2) is 58.3 Å². The predicted molar refractivity (Wildman–Crippen MR) is 116 cm³/mol. The first-order valence-electron chi connectivity index (χ1n) is 9.90. The molecule has 0 aliphatic carbocycles. The summed E-state index contributed by atoms with van der Waals surface area (Å²) in [4.78, 5) is 43.9. The molecule has 4 rings (SSSR count). The summed E-state index contributed by atoms with van der Waals surface area (Å²) in [5.41, 5.74) is -0.808. The summed E-state index contributed by atoms with van der Waals surface area (Å²) in [7, 11) is 0. The molecule has 1 amide bonds. The predicted octanol–water partition coefficient (Wildman–Crippen LogP) is 2.48. The Kier molecular flexibility index (Phi) is 6.09. The molecule has 0 spiro atoms. The molecule has 0 unspecified atom stereocenters. The van der Waals surface area contributed by atoms with Gasteiger partial charge in [0.2, 0.25) is 0 Å². The van der Waals surface area contributed by atoms with Gasteiger partial charge in [0.15, 0.2) is 0 Å². The zero-order valence-electron chi connectivity index (χ0n) is 16.9. The van der Waals surface area contributed by atoms with Crippen LogP contribution < -0.4 is 16.1 Å². The van der Waals surface area contributed by atoms with E-state index < -0.39 is 28.8 Å². The summed E-state index contributed by atoms with van der Waals surface area (Å²) in [6, 6.07) is 10.2. The lowest BCUT2D eigenvalue weighted by atomic mass is 10.2. The highest BCUT2D eigenvalue weighted by Gasteiger charge is 2.25. The normalized spacial score (nSPS) is 14.0. The van der Waals surface area contributed by atoms with Gasteiger partial charge >= 0.3 is 5.69 Å². The van der Waals surface area contributed by atoms with E-state index in [1.807, 2.05) is 4.90 Å². The number of hydrogen-bond donors (Lipinski definition) is 1. The number of benzene rings is 2. The van der Waals surface area contributed by atoms with E-state index >= 15 is 0 Å². The molecule has 0 bridgehead atoms. The molecule has 1 aliphatic heterocycles. The summed E-state index contributed by atoms with van der Waals surface area (Å²) >= 11 is 5.85. The second kappa shape index (κ2) is 8.96. The summed E-state index contributed by atoms with van der Waals surface area (Å²) in [5, 5.41) is 0.0182. The maximum Gasteiger partial charge on any atom is 0.328 e. The standard InChI is InChI=1S/C22H19ClF2N4O3/c23-17-11-15(5-6-19(17)25)27-7-9-28(10-8-27)20(30)16-12-26-22(32)29(21(16)31)13-14-3-1-2-4-18(14)24/h1-6,11-12H,7-10,13H2,(H,26,32). The Morgan fingerprint density at radius 2 is 1.72 bits per heavy atom. The van der Waals surface area contributed by atoms with Gasteiger partial charge in [0.05, 0.1) is 11.6 Å². The second-order valence-corrected chi connectivity index (χ2v) is 7.78. The maximum atomic E-state index is 14.0. The summed E-state index contributed by atoms with van der Waals surface area (Å²) in [6.45, 7) is 1.27. The maximum absolute atomic E-state index is 14.0. The van der Waals surface area contributed by atoms with Crippen LogP contribution in [0, 0.1) is 11.6 Å². The fourth-order valence-corrected chi connectivity index (χ4v) is 3.80. The van der Waals surface area contributed by atoms with Crippen LogP contribution in [0.3, 0.4) is 0 Å². The van der Waals surface area contributed by atoms with Gasteiger partial charge in [-0.3, -0.25) is 14.2 Å². The zero-order chi connectivity index (χ0) is 22.8. The lowest BCUT2D eigenvalue weighted by molar-refractivity contribution is 0.0743. The van der Waals surface area contributed by atoms with E-state index in [4.69, 9.17) is 11.6 Å². The molecule has 3 aromatic rings. The van der Waals surface area contributed by atoms with E-state index in [9.17, 15) is 23.2 Å². The van der Waals surface area contributed by atoms with Crippen molar-refractivity contribution in [2.45, 2.75) is 6.54 Å². The van der Waals surface area contributed by atoms with Gasteiger partial charge in [0.25, 0.3) is 11.5 Å². The topological polar surface area (TPSA) is 78.4 Å². The summed E-state index contributed by atoms with van der Waals surface area (Å²) in [6.07, 6.45) is 1.09. The first kappa shape index (κ1) is 21.8. The number of carbonyl (C=O) groups excluding carboxylic acids is 1. The first-order chi connectivity index (χ1) is 15.3. The van der Waals surface area contributed by atoms with Crippen molar-refractivity contribution >= 4 is 23.2 Å². The Balaban J connectivity index is 1.51. The lowest BCUT2D eigenvalue weighted by Crippen LogP contribution is -2.50. The van der Waals surface area contributed by atoms with Gasteiger partial charge in [-0.2, -0.15) is 0 Å². The Bertz CT molecular complexity index is 1280. The van der Waals surface area contributed by atoms with Gasteiger partial charge in [-0.25, -0.2) is 13.6 Å². The SMILES string of the molecule is O=C(c1c[nH]c(=O)n(Cc2ccccc2F)c1=O)N1CCN(c2ccc(F)c(Cl)c2)CC1. The van der Waals surface area contributed by atoms with E-state index in [0.29, 0.717) is 26.2 Å². The Hall–Kier alpha value is -3.46. The van der Waals surface area contributed by atoms with Gasteiger partial charge in [0.1, 0.15) is 17.2 Å². The van der Waals surface area contributed by atoms with Crippen molar-refractivity contribution < 1.29 is 13.6 Å². The average molecular weight is 461 g/mol. The van der Waals surface area contributed by atoms with Crippen LogP contribution in [0.5, 0.6) is 0 Å². The number of nitrogens with one attached hydrogen (secondary N) is 1. The minimum absolute atomic E-state index is 0.0182. The Morgan fingerprint density at radius 1 is 1.00 bits per heavy atom. The number of hydrogen-bond acceptors (Lipinski definition) is 4. The molecular weight excluding hydrogens is 442 g/mol. The fourth-order valence-electron chi connectivity index (χ4n) is 3.62. The third-order valence-corrected chi connectivity index (χ3v) is 5.70. The number of halogens is 3. The molecule has 1 saturated heterocycles. The minimum atomic E-state index is -0.783. The molecule has 10 heteroatoms. The number of nitrogens with zero attached hydrogens (tertiary/aromatic N) is 3. The monoisotopic (exact) mass is 460 g/mol. The number of carbonyl (C=O) groups is 1. The Labute approximate surface area is 186 Å². The van der Waals surface area contributed by atoms with Crippen molar-refractivity contribution in [1.82, 2.24) is 14.5 Å². The van der Waals surface area contributed by atoms with Crippen molar-refractivity contribution in [2.24, 2.45) is 0 Å². The molecule has 0 atom stereocenters. The molecule has 166 valence electrons. The van der Waals surface area contributed by atoms with Gasteiger partial charge in [0, 0.05) is 43.6 Å². The van der Waals surface area contributed by atoms with Crippen molar-refractivity contribution in [3.63, 3.8) is 0 Å². The average Bonchev–Trinajstić information content (AvgIpc) is 2.79. The molecule has 2 heterocycles. The van der Waals surface area contributed by atoms with E-state index in [0.717, 1.165) is 16.5 Å². The van der Waals surface area contributed by atoms with Crippen LogP contribution in [-0.4, -0.2) is 46.5 Å². The molecule has 1 fully saturated rings.